The summed E-state index contributed by atoms with van der Waals surface area (Å²) in [5.41, 5.74) is -0.0538. The van der Waals surface area contributed by atoms with Crippen molar-refractivity contribution in [3.05, 3.63) is 24.2 Å². The highest BCUT2D eigenvalue weighted by atomic mass is 16.3. The summed E-state index contributed by atoms with van der Waals surface area (Å²) >= 11 is 0. The number of nitrogens with zero attached hydrogens (tertiary/aromatic N) is 3. The van der Waals surface area contributed by atoms with E-state index in [1.165, 1.54) is 0 Å². The molecule has 114 valence electrons. The van der Waals surface area contributed by atoms with Crippen molar-refractivity contribution in [1.29, 1.82) is 0 Å². The fourth-order valence-electron chi connectivity index (χ4n) is 1.70. The number of H-pyrrole nitrogens is 1. The van der Waals surface area contributed by atoms with Crippen molar-refractivity contribution in [1.82, 2.24) is 25.8 Å². The molecule has 0 amide bonds. The smallest absolute Gasteiger partial charge is 0.216 e. The topological polar surface area (TPSA) is 91.1 Å². The number of hydrogen-bond donors (Lipinski definition) is 3. The number of aromatic amines is 1. The second-order valence-electron chi connectivity index (χ2n) is 5.65. The minimum absolute atomic E-state index is 0.0538. The van der Waals surface area contributed by atoms with E-state index in [4.69, 9.17) is 4.42 Å². The molecule has 0 fully saturated rings. The average molecular weight is 290 g/mol. The molecular formula is C14H22N6O. The lowest BCUT2D eigenvalue weighted by molar-refractivity contribution is 0.501. The van der Waals surface area contributed by atoms with E-state index in [-0.39, 0.29) is 5.54 Å². The molecule has 0 saturated carbocycles. The first-order chi connectivity index (χ1) is 9.98. The molecule has 21 heavy (non-hydrogen) atoms. The van der Waals surface area contributed by atoms with Gasteiger partial charge in [-0.2, -0.15) is 0 Å². The maximum atomic E-state index is 5.26. The van der Waals surface area contributed by atoms with E-state index in [9.17, 15) is 0 Å². The van der Waals surface area contributed by atoms with Gasteiger partial charge >= 0.3 is 0 Å². The Morgan fingerprint density at radius 3 is 2.86 bits per heavy atom. The van der Waals surface area contributed by atoms with Gasteiger partial charge in [-0.25, -0.2) is 9.98 Å². The lowest BCUT2D eigenvalue weighted by atomic mass is 10.1. The second kappa shape index (κ2) is 6.43. The summed E-state index contributed by atoms with van der Waals surface area (Å²) in [7, 11) is 0. The first-order valence-electron chi connectivity index (χ1n) is 6.99. The number of aliphatic imine (C=N–C) groups is 1. The van der Waals surface area contributed by atoms with E-state index < -0.39 is 0 Å². The zero-order chi connectivity index (χ0) is 15.3. The predicted octanol–water partition coefficient (Wildman–Crippen LogP) is 1.92. The molecule has 2 rings (SSSR count). The van der Waals surface area contributed by atoms with Crippen LogP contribution in [-0.2, 0) is 6.54 Å². The Morgan fingerprint density at radius 2 is 2.24 bits per heavy atom. The van der Waals surface area contributed by atoms with Gasteiger partial charge in [0, 0.05) is 12.1 Å². The Bertz CT molecular complexity index is 579. The minimum Gasteiger partial charge on any atom is -0.461 e. The summed E-state index contributed by atoms with van der Waals surface area (Å²) in [4.78, 5) is 8.85. The van der Waals surface area contributed by atoms with Crippen LogP contribution < -0.4 is 10.6 Å². The van der Waals surface area contributed by atoms with Crippen molar-refractivity contribution in [2.45, 2.75) is 39.8 Å². The molecule has 7 heteroatoms. The molecule has 2 heterocycles. The molecule has 0 bridgehead atoms. The fraction of sp³-hybridized carbons (Fsp3) is 0.500. The molecule has 0 spiro atoms. The van der Waals surface area contributed by atoms with E-state index in [2.05, 4.69) is 51.6 Å². The van der Waals surface area contributed by atoms with Gasteiger partial charge in [0.1, 0.15) is 12.4 Å². The molecule has 0 saturated heterocycles. The van der Waals surface area contributed by atoms with Crippen LogP contribution in [0, 0.1) is 0 Å². The van der Waals surface area contributed by atoms with Crippen LogP contribution in [0.4, 0.5) is 0 Å². The highest BCUT2D eigenvalue weighted by Gasteiger charge is 2.12. The van der Waals surface area contributed by atoms with Crippen LogP contribution in [0.3, 0.4) is 0 Å². The number of rotatable bonds is 4. The number of nitrogens with one attached hydrogen (secondary N) is 3. The molecule has 2 aromatic heterocycles. The second-order valence-corrected chi connectivity index (χ2v) is 5.65. The van der Waals surface area contributed by atoms with Crippen LogP contribution >= 0.6 is 0 Å². The van der Waals surface area contributed by atoms with E-state index in [1.54, 1.807) is 12.3 Å². The van der Waals surface area contributed by atoms with Crippen molar-refractivity contribution in [2.24, 2.45) is 4.99 Å². The molecule has 0 atom stereocenters. The normalized spacial score (nSPS) is 12.5. The molecule has 0 aliphatic heterocycles. The summed E-state index contributed by atoms with van der Waals surface area (Å²) in [5, 5.41) is 13.5. The quantitative estimate of drug-likeness (QED) is 0.591. The van der Waals surface area contributed by atoms with Crippen molar-refractivity contribution in [2.75, 3.05) is 6.54 Å². The summed E-state index contributed by atoms with van der Waals surface area (Å²) in [6, 6.07) is 3.63. The molecule has 0 unspecified atom stereocenters. The van der Waals surface area contributed by atoms with Crippen LogP contribution in [0.1, 0.15) is 33.5 Å². The first kappa shape index (κ1) is 15.1. The molecule has 0 aromatic carbocycles. The van der Waals surface area contributed by atoms with Crippen molar-refractivity contribution >= 4 is 5.96 Å². The third-order valence-electron chi connectivity index (χ3n) is 2.50. The number of hydrogen-bond acceptors (Lipinski definition) is 4. The average Bonchev–Trinajstić information content (AvgIpc) is 3.05. The molecule has 2 aromatic rings. The third kappa shape index (κ3) is 4.62. The Hall–Kier alpha value is -2.31. The number of guanidine groups is 1. The zero-order valence-electron chi connectivity index (χ0n) is 12.9. The Morgan fingerprint density at radius 1 is 1.43 bits per heavy atom. The largest absolute Gasteiger partial charge is 0.461 e. The van der Waals surface area contributed by atoms with Gasteiger partial charge < -0.3 is 15.1 Å². The van der Waals surface area contributed by atoms with Gasteiger partial charge in [0.2, 0.25) is 5.82 Å². The predicted molar refractivity (Wildman–Crippen MR) is 81.8 cm³/mol. The summed E-state index contributed by atoms with van der Waals surface area (Å²) in [6.45, 7) is 9.51. The van der Waals surface area contributed by atoms with E-state index in [1.807, 2.05) is 13.0 Å². The van der Waals surface area contributed by atoms with Crippen molar-refractivity contribution in [3.63, 3.8) is 0 Å². The van der Waals surface area contributed by atoms with Crippen LogP contribution in [0.15, 0.2) is 27.8 Å². The van der Waals surface area contributed by atoms with Gasteiger partial charge in [-0.05, 0) is 39.8 Å². The molecular weight excluding hydrogens is 268 g/mol. The zero-order valence-corrected chi connectivity index (χ0v) is 12.9. The molecule has 0 aliphatic carbocycles. The van der Waals surface area contributed by atoms with E-state index in [0.29, 0.717) is 24.0 Å². The summed E-state index contributed by atoms with van der Waals surface area (Å²) in [5.74, 6) is 2.62. The lowest BCUT2D eigenvalue weighted by Gasteiger charge is -2.23. The van der Waals surface area contributed by atoms with E-state index >= 15 is 0 Å². The van der Waals surface area contributed by atoms with Gasteiger partial charge in [-0.15, -0.1) is 5.10 Å². The molecule has 3 N–H and O–H groups in total. The monoisotopic (exact) mass is 290 g/mol. The van der Waals surface area contributed by atoms with Gasteiger partial charge in [0.25, 0.3) is 0 Å². The van der Waals surface area contributed by atoms with Crippen LogP contribution in [0.2, 0.25) is 0 Å². The SMILES string of the molecule is CCNC(=NCc1nc(-c2ccco2)n[nH]1)NC(C)(C)C. The maximum Gasteiger partial charge on any atom is 0.216 e. The van der Waals surface area contributed by atoms with Gasteiger partial charge in [-0.1, -0.05) is 0 Å². The first-order valence-corrected chi connectivity index (χ1v) is 6.99. The van der Waals surface area contributed by atoms with Gasteiger partial charge in [0.15, 0.2) is 11.7 Å². The maximum absolute atomic E-state index is 5.26. The molecule has 0 radical (unpaired) electrons. The fourth-order valence-corrected chi connectivity index (χ4v) is 1.70. The van der Waals surface area contributed by atoms with Crippen molar-refractivity contribution in [3.8, 4) is 11.6 Å². The van der Waals surface area contributed by atoms with Crippen LogP contribution in [0.5, 0.6) is 0 Å². The third-order valence-corrected chi connectivity index (χ3v) is 2.50. The minimum atomic E-state index is -0.0538. The van der Waals surface area contributed by atoms with Crippen molar-refractivity contribution < 1.29 is 4.42 Å². The number of aromatic nitrogens is 3. The Kier molecular flexibility index (Phi) is 4.62. The highest BCUT2D eigenvalue weighted by molar-refractivity contribution is 5.80. The number of furan rings is 1. The van der Waals surface area contributed by atoms with E-state index in [0.717, 1.165) is 12.5 Å². The highest BCUT2D eigenvalue weighted by Crippen LogP contribution is 2.14. The Labute approximate surface area is 124 Å². The van der Waals surface area contributed by atoms with Gasteiger partial charge in [0.05, 0.1) is 6.26 Å². The van der Waals surface area contributed by atoms with Gasteiger partial charge in [-0.3, -0.25) is 5.10 Å². The summed E-state index contributed by atoms with van der Waals surface area (Å²) < 4.78 is 5.26. The summed E-state index contributed by atoms with van der Waals surface area (Å²) in [6.07, 6.45) is 1.60. The van der Waals surface area contributed by atoms with Crippen LogP contribution in [-0.4, -0.2) is 33.2 Å². The lowest BCUT2D eigenvalue weighted by Crippen LogP contribution is -2.47. The molecule has 7 nitrogen and oxygen atoms in total. The standard InChI is InChI=1S/C14H22N6O/c1-5-15-13(18-14(2,3)4)16-9-11-17-12(20-19-11)10-7-6-8-21-10/h6-8H,5,9H2,1-4H3,(H2,15,16,18)(H,17,19,20). The van der Waals surface area contributed by atoms with Crippen LogP contribution in [0.25, 0.3) is 11.6 Å². The Balaban J connectivity index is 2.04. The molecule has 0 aliphatic rings.